The molecule has 16 heavy (non-hydrogen) atoms. The normalized spacial score (nSPS) is 15.8. The molecule has 6 heteroatoms. The Bertz CT molecular complexity index is 375. The van der Waals surface area contributed by atoms with E-state index in [1.165, 1.54) is 0 Å². The van der Waals surface area contributed by atoms with Gasteiger partial charge in [0.1, 0.15) is 5.82 Å². The number of hydrogen-bond acceptors (Lipinski definition) is 3. The van der Waals surface area contributed by atoms with Crippen molar-refractivity contribution in [3.8, 4) is 0 Å². The summed E-state index contributed by atoms with van der Waals surface area (Å²) in [7, 11) is -1.11. The zero-order valence-electron chi connectivity index (χ0n) is 9.82. The molecule has 0 radical (unpaired) electrons. The van der Waals surface area contributed by atoms with E-state index in [9.17, 15) is 4.21 Å². The Hall–Kier alpha value is -0.330. The van der Waals surface area contributed by atoms with Crippen LogP contribution in [0.25, 0.3) is 0 Å². The van der Waals surface area contributed by atoms with Crippen LogP contribution in [0.4, 0.5) is 0 Å². The van der Waals surface area contributed by atoms with Gasteiger partial charge in [-0.25, -0.2) is 18.9 Å². The summed E-state index contributed by atoms with van der Waals surface area (Å²) in [5.74, 6) is 0.640. The molecule has 0 saturated carbocycles. The average Bonchev–Trinajstić information content (AvgIpc) is 2.17. The van der Waals surface area contributed by atoms with Gasteiger partial charge in [-0.15, -0.1) is 0 Å². The maximum absolute atomic E-state index is 11.9. The van der Waals surface area contributed by atoms with Gasteiger partial charge in [-0.1, -0.05) is 0 Å². The fourth-order valence-electron chi connectivity index (χ4n) is 0.936. The van der Waals surface area contributed by atoms with Crippen LogP contribution in [0, 0.1) is 0 Å². The van der Waals surface area contributed by atoms with Crippen molar-refractivity contribution in [1.82, 2.24) is 14.7 Å². The van der Waals surface area contributed by atoms with Crippen LogP contribution in [0.2, 0.25) is 0 Å². The van der Waals surface area contributed by atoms with Gasteiger partial charge in [-0.05, 0) is 43.6 Å². The quantitative estimate of drug-likeness (QED) is 0.932. The first-order valence-corrected chi connectivity index (χ1v) is 6.90. The second-order valence-electron chi connectivity index (χ2n) is 4.48. The van der Waals surface area contributed by atoms with Crippen molar-refractivity contribution < 1.29 is 4.21 Å². The predicted octanol–water partition coefficient (Wildman–Crippen LogP) is 2.35. The molecule has 1 aromatic heterocycles. The Balaban J connectivity index is 2.69. The molecule has 90 valence electrons. The van der Waals surface area contributed by atoms with Crippen molar-refractivity contribution in [2.75, 3.05) is 0 Å². The summed E-state index contributed by atoms with van der Waals surface area (Å²) >= 11 is 3.27. The van der Waals surface area contributed by atoms with Crippen molar-refractivity contribution in [2.45, 2.75) is 38.5 Å². The third-order valence-electron chi connectivity index (χ3n) is 1.87. The molecule has 0 bridgehead atoms. The minimum absolute atomic E-state index is 0.131. The van der Waals surface area contributed by atoms with Crippen LogP contribution in [0.1, 0.15) is 39.6 Å². The third-order valence-corrected chi connectivity index (χ3v) is 3.96. The Labute approximate surface area is 107 Å². The second kappa shape index (κ2) is 5.33. The third kappa shape index (κ3) is 3.92. The molecule has 1 N–H and O–H groups in total. The summed E-state index contributed by atoms with van der Waals surface area (Å²) in [5.41, 5.74) is 0. The summed E-state index contributed by atoms with van der Waals surface area (Å²) in [6, 6.07) is -0.131. The van der Waals surface area contributed by atoms with E-state index in [1.807, 2.05) is 27.7 Å². The fraction of sp³-hybridized carbons (Fsp3) is 0.600. The molecule has 0 fully saturated rings. The summed E-state index contributed by atoms with van der Waals surface area (Å²) in [6.45, 7) is 7.66. The highest BCUT2D eigenvalue weighted by molar-refractivity contribution is 9.10. The Kier molecular flexibility index (Phi) is 4.58. The molecule has 0 unspecified atom stereocenters. The van der Waals surface area contributed by atoms with Gasteiger partial charge in [0.2, 0.25) is 0 Å². The zero-order chi connectivity index (χ0) is 12.3. The van der Waals surface area contributed by atoms with E-state index < -0.39 is 11.0 Å². The monoisotopic (exact) mass is 305 g/mol. The number of aromatic nitrogens is 2. The molecule has 0 aromatic carbocycles. The molecule has 0 spiro atoms. The van der Waals surface area contributed by atoms with Crippen LogP contribution in [0.5, 0.6) is 0 Å². The van der Waals surface area contributed by atoms with Crippen LogP contribution in [0.3, 0.4) is 0 Å². The lowest BCUT2D eigenvalue weighted by molar-refractivity contribution is 0.604. The van der Waals surface area contributed by atoms with Crippen molar-refractivity contribution in [1.29, 1.82) is 0 Å². The van der Waals surface area contributed by atoms with Crippen molar-refractivity contribution >= 4 is 26.9 Å². The maximum Gasteiger partial charge on any atom is 0.145 e. The first-order valence-electron chi connectivity index (χ1n) is 4.96. The van der Waals surface area contributed by atoms with Crippen LogP contribution in [0.15, 0.2) is 16.9 Å². The number of halogens is 1. The first kappa shape index (κ1) is 13.7. The van der Waals surface area contributed by atoms with E-state index in [0.29, 0.717) is 5.82 Å². The lowest BCUT2D eigenvalue weighted by Crippen LogP contribution is -2.35. The number of nitrogens with zero attached hydrogens (tertiary/aromatic N) is 2. The zero-order valence-corrected chi connectivity index (χ0v) is 12.2. The summed E-state index contributed by atoms with van der Waals surface area (Å²) < 4.78 is 15.4. The Morgan fingerprint density at radius 2 is 1.88 bits per heavy atom. The molecule has 0 aliphatic carbocycles. The molecule has 0 saturated heterocycles. The van der Waals surface area contributed by atoms with Crippen molar-refractivity contribution in [2.24, 2.45) is 0 Å². The van der Waals surface area contributed by atoms with E-state index in [0.717, 1.165) is 4.47 Å². The molecular formula is C10H16BrN3OS. The van der Waals surface area contributed by atoms with Crippen molar-refractivity contribution in [3.05, 3.63) is 22.7 Å². The smallest absolute Gasteiger partial charge is 0.145 e. The number of nitrogens with one attached hydrogen (secondary N) is 1. The fourth-order valence-corrected chi connectivity index (χ4v) is 1.92. The highest BCUT2D eigenvalue weighted by Gasteiger charge is 2.22. The maximum atomic E-state index is 11.9. The number of hydrogen-bond donors (Lipinski definition) is 1. The minimum atomic E-state index is -1.11. The lowest BCUT2D eigenvalue weighted by atomic mass is 10.3. The SMILES string of the molecule is C[C@@H](N[S@](=O)C(C)(C)C)c1ncc(Br)cn1. The van der Waals surface area contributed by atoms with Gasteiger partial charge >= 0.3 is 0 Å². The minimum Gasteiger partial charge on any atom is -0.242 e. The highest BCUT2D eigenvalue weighted by atomic mass is 79.9. The largest absolute Gasteiger partial charge is 0.242 e. The van der Waals surface area contributed by atoms with E-state index in [1.54, 1.807) is 12.4 Å². The summed E-state index contributed by atoms with van der Waals surface area (Å²) in [4.78, 5) is 8.32. The molecule has 0 aliphatic rings. The summed E-state index contributed by atoms with van der Waals surface area (Å²) in [5, 5.41) is 0. The standard InChI is InChI=1S/C10H16BrN3OS/c1-7(14-16(15)10(2,3)4)9-12-5-8(11)6-13-9/h5-7,14H,1-4H3/t7-,16-/m1/s1. The molecule has 1 aromatic rings. The van der Waals surface area contributed by atoms with E-state index in [4.69, 9.17) is 0 Å². The molecular weight excluding hydrogens is 290 g/mol. The van der Waals surface area contributed by atoms with Crippen LogP contribution in [-0.4, -0.2) is 18.9 Å². The Morgan fingerprint density at radius 1 is 1.38 bits per heavy atom. The second-order valence-corrected chi connectivity index (χ2v) is 7.39. The molecule has 0 amide bonds. The van der Waals surface area contributed by atoms with Gasteiger partial charge in [0, 0.05) is 12.4 Å². The molecule has 1 heterocycles. The topological polar surface area (TPSA) is 54.9 Å². The predicted molar refractivity (Wildman–Crippen MR) is 69.2 cm³/mol. The molecule has 0 aliphatic heterocycles. The number of rotatable bonds is 3. The van der Waals surface area contributed by atoms with Gasteiger partial charge in [-0.2, -0.15) is 0 Å². The Morgan fingerprint density at radius 3 is 2.31 bits per heavy atom. The molecule has 4 nitrogen and oxygen atoms in total. The van der Waals surface area contributed by atoms with Gasteiger partial charge in [-0.3, -0.25) is 0 Å². The van der Waals surface area contributed by atoms with Gasteiger partial charge in [0.25, 0.3) is 0 Å². The van der Waals surface area contributed by atoms with Gasteiger partial charge < -0.3 is 0 Å². The highest BCUT2D eigenvalue weighted by Crippen LogP contribution is 2.15. The first-order chi connectivity index (χ1) is 7.30. The van der Waals surface area contributed by atoms with Crippen LogP contribution < -0.4 is 4.72 Å². The molecule has 2 atom stereocenters. The van der Waals surface area contributed by atoms with Gasteiger partial charge in [0.05, 0.1) is 26.2 Å². The van der Waals surface area contributed by atoms with E-state index in [-0.39, 0.29) is 10.8 Å². The van der Waals surface area contributed by atoms with Crippen molar-refractivity contribution in [3.63, 3.8) is 0 Å². The van der Waals surface area contributed by atoms with E-state index in [2.05, 4.69) is 30.6 Å². The average molecular weight is 306 g/mol. The molecule has 1 rings (SSSR count). The van der Waals surface area contributed by atoms with E-state index >= 15 is 0 Å². The lowest BCUT2D eigenvalue weighted by Gasteiger charge is -2.21. The summed E-state index contributed by atoms with van der Waals surface area (Å²) in [6.07, 6.45) is 3.36. The van der Waals surface area contributed by atoms with Crippen LogP contribution >= 0.6 is 15.9 Å². The van der Waals surface area contributed by atoms with Crippen LogP contribution in [-0.2, 0) is 11.0 Å². The van der Waals surface area contributed by atoms with Gasteiger partial charge in [0.15, 0.2) is 0 Å².